The third-order valence-electron chi connectivity index (χ3n) is 19.3. The first-order chi connectivity index (χ1) is 45.7. The number of aliphatic hydroxyl groups excluding tert-OH is 1. The fourth-order valence-corrected chi connectivity index (χ4v) is 13.4. The molecule has 13 atom stereocenters. The van der Waals surface area contributed by atoms with Crippen molar-refractivity contribution in [1.29, 1.82) is 0 Å². The molecule has 1 saturated heterocycles. The molecule has 2 aromatic carbocycles. The number of aliphatic hydroxyl groups is 1. The molecule has 8 amide bonds. The van der Waals surface area contributed by atoms with Crippen LogP contribution in [0.25, 0.3) is 0 Å². The summed E-state index contributed by atoms with van der Waals surface area (Å²) in [6, 6.07) is 9.28. The molecule has 25 heteroatoms. The third kappa shape index (κ3) is 24.4. The van der Waals surface area contributed by atoms with E-state index in [1.165, 1.54) is 38.3 Å². The van der Waals surface area contributed by atoms with Gasteiger partial charge < -0.3 is 50.4 Å². The number of amides is 8. The van der Waals surface area contributed by atoms with Gasteiger partial charge in [0.05, 0.1) is 48.9 Å². The molecule has 97 heavy (non-hydrogen) atoms. The van der Waals surface area contributed by atoms with Gasteiger partial charge in [-0.2, -0.15) is 13.2 Å². The topological polar surface area (TPSA) is 294 Å². The molecular weight excluding hydrogens is 1260 g/mol. The van der Waals surface area contributed by atoms with Gasteiger partial charge in [0.1, 0.15) is 18.4 Å². The minimum atomic E-state index is -4.73. The number of carbonyl (C=O) groups is 10. The van der Waals surface area contributed by atoms with Crippen LogP contribution < -0.4 is 21.7 Å². The van der Waals surface area contributed by atoms with Crippen molar-refractivity contribution in [1.82, 2.24) is 30.2 Å². The van der Waals surface area contributed by atoms with Crippen LogP contribution in [-0.2, 0) is 59.2 Å². The molecule has 4 rings (SSSR count). The number of primary amides is 1. The number of methoxy groups -OCH3 is 2. The number of nitrogens with two attached hydrogens (primary N) is 1. The average molecular weight is 1370 g/mol. The van der Waals surface area contributed by atoms with Gasteiger partial charge >= 0.3 is 18.3 Å². The van der Waals surface area contributed by atoms with Crippen LogP contribution in [0.2, 0.25) is 0 Å². The Balaban J connectivity index is 1.40. The smallest absolute Gasteiger partial charge is 0.410 e. The molecule has 0 saturated carbocycles. The van der Waals surface area contributed by atoms with E-state index in [4.69, 9.17) is 19.9 Å². The molecule has 6 N–H and O–H groups in total. The Bertz CT molecular complexity index is 2930. The van der Waals surface area contributed by atoms with Crippen molar-refractivity contribution in [3.05, 3.63) is 77.9 Å². The van der Waals surface area contributed by atoms with Gasteiger partial charge in [0.15, 0.2) is 11.6 Å². The van der Waals surface area contributed by atoms with Crippen LogP contribution in [-0.4, -0.2) is 180 Å². The van der Waals surface area contributed by atoms with Gasteiger partial charge in [-0.1, -0.05) is 131 Å². The minimum absolute atomic E-state index is 0.0568. The van der Waals surface area contributed by atoms with Gasteiger partial charge in [0.25, 0.3) is 11.8 Å². The number of carbonyl (C=O) groups excluding carboxylic acids is 10. The fraction of sp³-hybridized carbons (Fsp3) is 0.667. The van der Waals surface area contributed by atoms with Crippen molar-refractivity contribution >= 4 is 64.7 Å². The summed E-state index contributed by atoms with van der Waals surface area (Å²) < 4.78 is 61.2. The number of urea groups is 1. The number of alkyl halides is 3. The highest BCUT2D eigenvalue weighted by atomic mass is 19.4. The molecule has 2 aliphatic heterocycles. The molecule has 0 bridgehead atoms. The van der Waals surface area contributed by atoms with Gasteiger partial charge in [-0.05, 0) is 91.4 Å². The number of anilines is 1. The number of hydrogen-bond acceptors (Lipinski definition) is 15. The number of likely N-dealkylation sites (tertiary alicyclic amines) is 1. The van der Waals surface area contributed by atoms with E-state index in [9.17, 15) is 66.2 Å². The summed E-state index contributed by atoms with van der Waals surface area (Å²) in [5.41, 5.74) is 6.75. The fourth-order valence-electron chi connectivity index (χ4n) is 13.4. The number of halogens is 3. The summed E-state index contributed by atoms with van der Waals surface area (Å²) >= 11 is 0. The van der Waals surface area contributed by atoms with Crippen molar-refractivity contribution in [2.24, 2.45) is 53.1 Å². The number of ether oxygens (including phenoxy) is 3. The Kier molecular flexibility index (Phi) is 33.5. The van der Waals surface area contributed by atoms with Gasteiger partial charge in [0, 0.05) is 103 Å². The van der Waals surface area contributed by atoms with Crippen LogP contribution in [0.15, 0.2) is 66.7 Å². The molecule has 1 unspecified atom stereocenters. The number of rotatable bonds is 42. The molecule has 1 fully saturated rings. The van der Waals surface area contributed by atoms with Gasteiger partial charge in [-0.15, -0.1) is 0 Å². The maximum atomic E-state index is 14.9. The second kappa shape index (κ2) is 39.5. The van der Waals surface area contributed by atoms with Gasteiger partial charge in [-0.3, -0.25) is 48.6 Å². The highest BCUT2D eigenvalue weighted by molar-refractivity contribution is 6.12. The first-order valence-corrected chi connectivity index (χ1v) is 34.3. The number of benzene rings is 2. The number of hydrogen-bond donors (Lipinski definition) is 5. The molecule has 2 aromatic rings. The normalized spacial score (nSPS) is 18.0. The van der Waals surface area contributed by atoms with E-state index in [0.717, 1.165) is 22.6 Å². The lowest BCUT2D eigenvalue weighted by atomic mass is 9.83. The second-order valence-electron chi connectivity index (χ2n) is 27.4. The SMILES string of the molecule is CC[C@H](C)[C@@H]([C@@H](CC(=O)N1CCC[C@H]1[C@H](OC)[C@@H](C)C(=O)C[C@H](C)[C@@H](O)c1ccccc1)OC)N(C)C(=O)[C@@H](CC(=O)[C@H](C(C)C)N(C)C(=O)OCc1ccc(NC(=O)[C@H](CCCNC(N)=O)CC(=O)[C@@H](NC(CCCCCN2C(=O)C=CC2=O)C(F)(F)F)C(C)C)cc1)C(C)C. The van der Waals surface area contributed by atoms with Gasteiger partial charge in [0.2, 0.25) is 17.7 Å². The first kappa shape index (κ1) is 82.3. The molecule has 0 aromatic heterocycles. The predicted molar refractivity (Wildman–Crippen MR) is 362 cm³/mol. The average Bonchev–Trinajstić information content (AvgIpc) is 1.80. The lowest BCUT2D eigenvalue weighted by Gasteiger charge is -2.41. The number of Topliss-reactive ketones (excluding diaryl/α,β-unsaturated/α-hetero) is 3. The van der Waals surface area contributed by atoms with E-state index < -0.39 is 126 Å². The highest BCUT2D eigenvalue weighted by Crippen LogP contribution is 2.34. The van der Waals surface area contributed by atoms with Crippen LogP contribution >= 0.6 is 0 Å². The van der Waals surface area contributed by atoms with E-state index >= 15 is 0 Å². The van der Waals surface area contributed by atoms with Crippen LogP contribution in [0.3, 0.4) is 0 Å². The zero-order valence-corrected chi connectivity index (χ0v) is 59.4. The maximum Gasteiger partial charge on any atom is 0.410 e. The summed E-state index contributed by atoms with van der Waals surface area (Å²) in [5, 5.41) is 18.8. The molecule has 2 aliphatic rings. The van der Waals surface area contributed by atoms with Crippen LogP contribution in [0.4, 0.5) is 28.4 Å². The number of nitrogens with zero attached hydrogens (tertiary/aromatic N) is 4. The quantitative estimate of drug-likeness (QED) is 0.0305. The minimum Gasteiger partial charge on any atom is -0.445 e. The van der Waals surface area contributed by atoms with E-state index in [1.807, 2.05) is 65.0 Å². The number of imide groups is 1. The molecule has 0 spiro atoms. The van der Waals surface area contributed by atoms with Crippen LogP contribution in [0.5, 0.6) is 0 Å². The van der Waals surface area contributed by atoms with Crippen molar-refractivity contribution in [2.45, 2.75) is 214 Å². The Morgan fingerprint density at radius 3 is 1.93 bits per heavy atom. The van der Waals surface area contributed by atoms with Crippen molar-refractivity contribution in [2.75, 3.05) is 53.3 Å². The lowest BCUT2D eigenvalue weighted by Crippen LogP contribution is -2.54. The number of nitrogens with one attached hydrogen (secondary N) is 3. The molecular formula is C72H109F3N8O14. The Morgan fingerprint density at radius 1 is 0.732 bits per heavy atom. The summed E-state index contributed by atoms with van der Waals surface area (Å²) in [5.74, 6) is -7.50. The van der Waals surface area contributed by atoms with E-state index in [1.54, 1.807) is 63.6 Å². The summed E-state index contributed by atoms with van der Waals surface area (Å²) in [4.78, 5) is 140. The molecule has 22 nitrogen and oxygen atoms in total. The monoisotopic (exact) mass is 1370 g/mol. The van der Waals surface area contributed by atoms with E-state index in [2.05, 4.69) is 16.0 Å². The number of unbranched alkanes of at least 4 members (excludes halogenated alkanes) is 2. The van der Waals surface area contributed by atoms with Crippen LogP contribution in [0, 0.1) is 47.3 Å². The molecule has 0 aliphatic carbocycles. The number of ketones is 3. The number of likely N-dealkylation sites (N-methyl/N-ethyl adjacent to an activating group) is 2. The van der Waals surface area contributed by atoms with Crippen molar-refractivity contribution in [3.8, 4) is 0 Å². The predicted octanol–water partition coefficient (Wildman–Crippen LogP) is 9.75. The summed E-state index contributed by atoms with van der Waals surface area (Å²) in [7, 11) is 6.16. The lowest BCUT2D eigenvalue weighted by molar-refractivity contribution is -0.161. The van der Waals surface area contributed by atoms with E-state index in [0.29, 0.717) is 43.5 Å². The van der Waals surface area contributed by atoms with Crippen molar-refractivity contribution < 1.29 is 80.4 Å². The van der Waals surface area contributed by atoms with Crippen LogP contribution in [0.1, 0.15) is 170 Å². The molecule has 2 heterocycles. The standard InChI is InChI=1S/C72H109F3N8O14/c1-15-46(8)65(58(95-13)41-62(89)82-37-23-27-54(82)67(96-14)48(10)55(84)38-47(9)66(90)50-24-18-16-19-25-50)80(11)69(92)53(43(2)3)40-57(86)64(45(6)7)81(12)71(94)97-42-49-29-31-52(32-30-49)78-68(91)51(26-22-35-77-70(76)93)39-56(85)63(44(4)5)79-59(72(73,74)75)28-20-17-21-36-83-60(87)33-34-61(83)88/h16,18-19,24-25,29-34,43-48,51,53-54,58-59,63-67,79,90H,15,17,20-23,26-28,35-42H2,1-14H3,(H,78,91)(H3,76,77,93)/t46-,47-,48-,51+,53-,54-,58+,59?,63-,64-,65-,66+,67+/m0/s1. The second-order valence-corrected chi connectivity index (χ2v) is 27.4. The zero-order valence-electron chi connectivity index (χ0n) is 59.4. The molecule has 0 radical (unpaired) electrons. The zero-order chi connectivity index (χ0) is 72.6. The van der Waals surface area contributed by atoms with Gasteiger partial charge in [-0.25, -0.2) is 9.59 Å². The largest absolute Gasteiger partial charge is 0.445 e. The first-order valence-electron chi connectivity index (χ1n) is 34.3. The maximum absolute atomic E-state index is 14.9. The third-order valence-corrected chi connectivity index (χ3v) is 19.3. The summed E-state index contributed by atoms with van der Waals surface area (Å²) in [6.07, 6.45) is -3.60. The van der Waals surface area contributed by atoms with Crippen molar-refractivity contribution in [3.63, 3.8) is 0 Å². The Hall–Kier alpha value is -7.09. The Labute approximate surface area is 571 Å². The highest BCUT2D eigenvalue weighted by Gasteiger charge is 2.45. The van der Waals surface area contributed by atoms with E-state index in [-0.39, 0.29) is 112 Å². The molecule has 542 valence electrons. The summed E-state index contributed by atoms with van der Waals surface area (Å²) in [6.45, 7) is 18.4. The Morgan fingerprint density at radius 2 is 1.37 bits per heavy atom.